The molecule has 0 saturated heterocycles. The number of rotatable bonds is 4. The first-order chi connectivity index (χ1) is 8.27. The van der Waals surface area contributed by atoms with Crippen LogP contribution >= 0.6 is 0 Å². The van der Waals surface area contributed by atoms with Crippen LogP contribution in [0.15, 0.2) is 36.9 Å². The van der Waals surface area contributed by atoms with E-state index in [1.165, 1.54) is 6.20 Å². The summed E-state index contributed by atoms with van der Waals surface area (Å²) in [4.78, 5) is 23.0. The molecule has 17 heavy (non-hydrogen) atoms. The van der Waals surface area contributed by atoms with Gasteiger partial charge in [-0.1, -0.05) is 0 Å². The maximum Gasteiger partial charge on any atom is 0.254 e. The fourth-order valence-electron chi connectivity index (χ4n) is 1.24. The number of hydrogen-bond acceptors (Lipinski definition) is 5. The minimum absolute atomic E-state index is 0.186. The van der Waals surface area contributed by atoms with E-state index in [2.05, 4.69) is 15.0 Å². The molecule has 0 aliphatic heterocycles. The van der Waals surface area contributed by atoms with Crippen LogP contribution in [0.2, 0.25) is 0 Å². The van der Waals surface area contributed by atoms with Crippen LogP contribution in [0.1, 0.15) is 16.1 Å². The van der Waals surface area contributed by atoms with Crippen LogP contribution < -0.4 is 10.5 Å². The Kier molecular flexibility index (Phi) is 3.25. The maximum atomic E-state index is 11.1. The molecule has 0 atom stereocenters. The predicted molar refractivity (Wildman–Crippen MR) is 59.1 cm³/mol. The van der Waals surface area contributed by atoms with Crippen molar-refractivity contribution in [2.75, 3.05) is 0 Å². The van der Waals surface area contributed by atoms with Crippen molar-refractivity contribution in [3.05, 3.63) is 48.2 Å². The number of nitrogens with zero attached hydrogens (tertiary/aromatic N) is 3. The molecular weight excluding hydrogens is 220 g/mol. The molecule has 6 nitrogen and oxygen atoms in total. The number of nitrogens with two attached hydrogens (primary N) is 1. The second kappa shape index (κ2) is 5.02. The van der Waals surface area contributed by atoms with Gasteiger partial charge in [-0.2, -0.15) is 0 Å². The van der Waals surface area contributed by atoms with E-state index in [0.717, 1.165) is 0 Å². The van der Waals surface area contributed by atoms with Crippen LogP contribution in [0.3, 0.4) is 0 Å². The molecule has 2 heterocycles. The Hall–Kier alpha value is -2.50. The lowest BCUT2D eigenvalue weighted by Gasteiger charge is -2.06. The van der Waals surface area contributed by atoms with Gasteiger partial charge in [-0.25, -0.2) is 4.98 Å². The van der Waals surface area contributed by atoms with Crippen molar-refractivity contribution < 1.29 is 9.53 Å². The molecule has 86 valence electrons. The molecule has 0 fully saturated rings. The van der Waals surface area contributed by atoms with Crippen molar-refractivity contribution in [3.8, 4) is 5.88 Å². The second-order valence-corrected chi connectivity index (χ2v) is 3.21. The number of carbonyl (C=O) groups excluding carboxylic acids is 1. The minimum Gasteiger partial charge on any atom is -0.471 e. The largest absolute Gasteiger partial charge is 0.471 e. The van der Waals surface area contributed by atoms with Crippen LogP contribution in [-0.4, -0.2) is 20.9 Å². The Balaban J connectivity index is 2.12. The summed E-state index contributed by atoms with van der Waals surface area (Å²) in [5.74, 6) is -0.377. The fourth-order valence-corrected chi connectivity index (χ4v) is 1.24. The SMILES string of the molecule is NC(=O)c1cccnc1OCc1cnccn1. The first kappa shape index (κ1) is 11.0. The van der Waals surface area contributed by atoms with Crippen molar-refractivity contribution in [2.45, 2.75) is 6.61 Å². The molecule has 2 N–H and O–H groups in total. The van der Waals surface area contributed by atoms with Crippen molar-refractivity contribution in [1.29, 1.82) is 0 Å². The maximum absolute atomic E-state index is 11.1. The zero-order valence-corrected chi connectivity index (χ0v) is 8.91. The number of primary amides is 1. The van der Waals surface area contributed by atoms with Gasteiger partial charge >= 0.3 is 0 Å². The van der Waals surface area contributed by atoms with Gasteiger partial charge in [0.15, 0.2) is 0 Å². The highest BCUT2D eigenvalue weighted by molar-refractivity contribution is 5.94. The molecule has 0 aliphatic rings. The highest BCUT2D eigenvalue weighted by atomic mass is 16.5. The molecule has 2 rings (SSSR count). The van der Waals surface area contributed by atoms with Gasteiger partial charge in [-0.15, -0.1) is 0 Å². The molecule has 6 heteroatoms. The zero-order valence-electron chi connectivity index (χ0n) is 8.91. The Labute approximate surface area is 97.5 Å². The van der Waals surface area contributed by atoms with Gasteiger partial charge in [-0.3, -0.25) is 14.8 Å². The van der Waals surface area contributed by atoms with Crippen LogP contribution in [0, 0.1) is 0 Å². The molecule has 2 aromatic heterocycles. The zero-order chi connectivity index (χ0) is 12.1. The van der Waals surface area contributed by atoms with E-state index >= 15 is 0 Å². The number of carbonyl (C=O) groups is 1. The van der Waals surface area contributed by atoms with E-state index in [-0.39, 0.29) is 18.1 Å². The first-order valence-electron chi connectivity index (χ1n) is 4.90. The molecule has 1 amide bonds. The lowest BCUT2D eigenvalue weighted by Crippen LogP contribution is -2.14. The molecule has 0 aromatic carbocycles. The number of hydrogen-bond donors (Lipinski definition) is 1. The van der Waals surface area contributed by atoms with Crippen LogP contribution in [0.5, 0.6) is 5.88 Å². The molecule has 0 bridgehead atoms. The Morgan fingerprint density at radius 3 is 2.88 bits per heavy atom. The second-order valence-electron chi connectivity index (χ2n) is 3.21. The van der Waals surface area contributed by atoms with Gasteiger partial charge in [0, 0.05) is 18.6 Å². The van der Waals surface area contributed by atoms with E-state index < -0.39 is 5.91 Å². The van der Waals surface area contributed by atoms with Gasteiger partial charge in [0.25, 0.3) is 5.91 Å². The van der Waals surface area contributed by atoms with Crippen molar-refractivity contribution in [1.82, 2.24) is 15.0 Å². The van der Waals surface area contributed by atoms with E-state index in [0.29, 0.717) is 5.69 Å². The Morgan fingerprint density at radius 2 is 2.18 bits per heavy atom. The first-order valence-corrected chi connectivity index (χ1v) is 4.90. The third kappa shape index (κ3) is 2.75. The number of pyridine rings is 1. The smallest absolute Gasteiger partial charge is 0.254 e. The Bertz CT molecular complexity index is 516. The predicted octanol–water partition coefficient (Wildman–Crippen LogP) is 0.549. The molecule has 0 radical (unpaired) electrons. The van der Waals surface area contributed by atoms with E-state index in [1.54, 1.807) is 30.7 Å². The van der Waals surface area contributed by atoms with Crippen LogP contribution in [-0.2, 0) is 6.61 Å². The highest BCUT2D eigenvalue weighted by Gasteiger charge is 2.10. The molecule has 2 aromatic rings. The molecule has 0 unspecified atom stereocenters. The minimum atomic E-state index is -0.577. The highest BCUT2D eigenvalue weighted by Crippen LogP contribution is 2.14. The van der Waals surface area contributed by atoms with Crippen LogP contribution in [0.4, 0.5) is 0 Å². The summed E-state index contributed by atoms with van der Waals surface area (Å²) in [7, 11) is 0. The van der Waals surface area contributed by atoms with Crippen LogP contribution in [0.25, 0.3) is 0 Å². The third-order valence-corrected chi connectivity index (χ3v) is 2.01. The average Bonchev–Trinajstić information content (AvgIpc) is 2.38. The number of amides is 1. The summed E-state index contributed by atoms with van der Waals surface area (Å²) >= 11 is 0. The normalized spacial score (nSPS) is 9.88. The Morgan fingerprint density at radius 1 is 1.29 bits per heavy atom. The summed E-state index contributed by atoms with van der Waals surface area (Å²) in [5, 5.41) is 0. The van der Waals surface area contributed by atoms with Crippen molar-refractivity contribution >= 4 is 5.91 Å². The quantitative estimate of drug-likeness (QED) is 0.828. The van der Waals surface area contributed by atoms with Crippen molar-refractivity contribution in [3.63, 3.8) is 0 Å². The monoisotopic (exact) mass is 230 g/mol. The van der Waals surface area contributed by atoms with Gasteiger partial charge < -0.3 is 10.5 Å². The summed E-state index contributed by atoms with van der Waals surface area (Å²) < 4.78 is 5.37. The topological polar surface area (TPSA) is 91.0 Å². The number of aromatic nitrogens is 3. The lowest BCUT2D eigenvalue weighted by atomic mass is 10.2. The summed E-state index contributed by atoms with van der Waals surface area (Å²) in [6.07, 6.45) is 6.23. The van der Waals surface area contributed by atoms with Gasteiger partial charge in [-0.05, 0) is 12.1 Å². The summed E-state index contributed by atoms with van der Waals surface area (Å²) in [5.41, 5.74) is 6.09. The van der Waals surface area contributed by atoms with Gasteiger partial charge in [0.1, 0.15) is 12.2 Å². The molecule has 0 aliphatic carbocycles. The van der Waals surface area contributed by atoms with E-state index in [4.69, 9.17) is 10.5 Å². The van der Waals surface area contributed by atoms with Gasteiger partial charge in [0.2, 0.25) is 5.88 Å². The van der Waals surface area contributed by atoms with Gasteiger partial charge in [0.05, 0.1) is 11.9 Å². The molecule has 0 saturated carbocycles. The fraction of sp³-hybridized carbons (Fsp3) is 0.0909. The molecular formula is C11H10N4O2. The average molecular weight is 230 g/mol. The number of ether oxygens (including phenoxy) is 1. The standard InChI is InChI=1S/C11H10N4O2/c12-10(16)9-2-1-3-15-11(9)17-7-8-6-13-4-5-14-8/h1-6H,7H2,(H2,12,16). The van der Waals surface area contributed by atoms with E-state index in [1.807, 2.05) is 0 Å². The van der Waals surface area contributed by atoms with Crippen molar-refractivity contribution in [2.24, 2.45) is 5.73 Å². The third-order valence-electron chi connectivity index (χ3n) is 2.01. The summed E-state index contributed by atoms with van der Waals surface area (Å²) in [6, 6.07) is 3.18. The molecule has 0 spiro atoms. The lowest BCUT2D eigenvalue weighted by molar-refractivity contribution is 0.0995. The summed E-state index contributed by atoms with van der Waals surface area (Å²) in [6.45, 7) is 0.186. The van der Waals surface area contributed by atoms with E-state index in [9.17, 15) is 4.79 Å².